The lowest BCUT2D eigenvalue weighted by Crippen LogP contribution is -1.98. The van der Waals surface area contributed by atoms with E-state index in [4.69, 9.17) is 10.3 Å². The topological polar surface area (TPSA) is 90.7 Å². The number of anilines is 1. The molecule has 0 aliphatic heterocycles. The molecular weight excluding hydrogens is 238 g/mol. The molecule has 0 fully saturated rings. The molecule has 0 radical (unpaired) electrons. The summed E-state index contributed by atoms with van der Waals surface area (Å²) in [5.74, 6) is 1.65. The summed E-state index contributed by atoms with van der Waals surface area (Å²) in [5.41, 5.74) is 6.50. The number of nitrogens with two attached hydrogens (primary N) is 1. The number of hydrogen-bond acceptors (Lipinski definition) is 7. The smallest absolute Gasteiger partial charge is 0.239 e. The van der Waals surface area contributed by atoms with Crippen LogP contribution in [0.25, 0.3) is 0 Å². The van der Waals surface area contributed by atoms with Crippen molar-refractivity contribution in [3.63, 3.8) is 0 Å². The molecule has 1 atom stereocenters. The molecule has 0 aromatic carbocycles. The van der Waals surface area contributed by atoms with Crippen LogP contribution in [0.15, 0.2) is 15.7 Å². The lowest BCUT2D eigenvalue weighted by Gasteiger charge is -2.06. The molecule has 0 amide bonds. The minimum Gasteiger partial charge on any atom is -0.384 e. The average Bonchev–Trinajstić information content (AvgIpc) is 2.63. The van der Waals surface area contributed by atoms with Gasteiger partial charge in [-0.2, -0.15) is 4.98 Å². The van der Waals surface area contributed by atoms with E-state index in [-0.39, 0.29) is 5.25 Å². The third-order valence-electron chi connectivity index (χ3n) is 2.03. The average molecular weight is 251 g/mol. The number of rotatable bonds is 3. The van der Waals surface area contributed by atoms with Crippen LogP contribution in [0.5, 0.6) is 0 Å². The van der Waals surface area contributed by atoms with Crippen molar-refractivity contribution in [3.05, 3.63) is 23.5 Å². The van der Waals surface area contributed by atoms with Gasteiger partial charge in [0.2, 0.25) is 5.89 Å². The molecule has 0 bridgehead atoms. The van der Waals surface area contributed by atoms with Gasteiger partial charge in [0.05, 0.1) is 5.25 Å². The summed E-state index contributed by atoms with van der Waals surface area (Å²) < 4.78 is 5.09. The van der Waals surface area contributed by atoms with Gasteiger partial charge in [0.1, 0.15) is 5.82 Å². The van der Waals surface area contributed by atoms with E-state index in [9.17, 15) is 0 Å². The second-order valence-corrected chi connectivity index (χ2v) is 4.96. The second-order valence-electron chi connectivity index (χ2n) is 3.66. The van der Waals surface area contributed by atoms with Gasteiger partial charge in [0, 0.05) is 11.8 Å². The summed E-state index contributed by atoms with van der Waals surface area (Å²) >= 11 is 1.44. The molecule has 0 aliphatic rings. The zero-order chi connectivity index (χ0) is 12.4. The molecule has 90 valence electrons. The molecule has 0 unspecified atom stereocenters. The van der Waals surface area contributed by atoms with Crippen LogP contribution in [0, 0.1) is 13.8 Å². The normalized spacial score (nSPS) is 12.6. The third-order valence-corrected chi connectivity index (χ3v) is 2.98. The Bertz CT molecular complexity index is 507. The first kappa shape index (κ1) is 11.8. The van der Waals surface area contributed by atoms with Crippen molar-refractivity contribution in [1.82, 2.24) is 20.1 Å². The zero-order valence-electron chi connectivity index (χ0n) is 9.84. The molecule has 0 saturated carbocycles. The Hall–Kier alpha value is -1.63. The molecule has 6 nitrogen and oxygen atoms in total. The molecule has 0 saturated heterocycles. The highest BCUT2D eigenvalue weighted by atomic mass is 32.2. The highest BCUT2D eigenvalue weighted by Crippen LogP contribution is 2.31. The Morgan fingerprint density at radius 1 is 1.29 bits per heavy atom. The fourth-order valence-electron chi connectivity index (χ4n) is 1.30. The number of aryl methyl sites for hydroxylation is 2. The minimum absolute atomic E-state index is 0.00241. The van der Waals surface area contributed by atoms with Crippen molar-refractivity contribution in [3.8, 4) is 0 Å². The number of hydrogen-bond donors (Lipinski definition) is 1. The van der Waals surface area contributed by atoms with Gasteiger partial charge >= 0.3 is 0 Å². The fourth-order valence-corrected chi connectivity index (χ4v) is 2.17. The molecule has 7 heteroatoms. The van der Waals surface area contributed by atoms with Crippen molar-refractivity contribution in [1.29, 1.82) is 0 Å². The Labute approximate surface area is 103 Å². The highest BCUT2D eigenvalue weighted by molar-refractivity contribution is 7.99. The molecule has 0 spiro atoms. The Balaban J connectivity index is 2.15. The van der Waals surface area contributed by atoms with Crippen molar-refractivity contribution in [2.24, 2.45) is 0 Å². The molecule has 2 aromatic heterocycles. The molecule has 2 rings (SSSR count). The Morgan fingerprint density at radius 3 is 2.65 bits per heavy atom. The first-order valence-corrected chi connectivity index (χ1v) is 6.00. The van der Waals surface area contributed by atoms with Crippen LogP contribution in [-0.4, -0.2) is 20.1 Å². The quantitative estimate of drug-likeness (QED) is 0.658. The highest BCUT2D eigenvalue weighted by Gasteiger charge is 2.16. The first-order chi connectivity index (χ1) is 8.04. The van der Waals surface area contributed by atoms with Crippen molar-refractivity contribution in [2.75, 3.05) is 5.73 Å². The van der Waals surface area contributed by atoms with Crippen LogP contribution in [-0.2, 0) is 0 Å². The Kier molecular flexibility index (Phi) is 3.28. The summed E-state index contributed by atoms with van der Waals surface area (Å²) in [7, 11) is 0. The number of nitrogen functional groups attached to an aromatic ring is 1. The maximum atomic E-state index is 5.66. The summed E-state index contributed by atoms with van der Waals surface area (Å²) in [5, 5.41) is 4.36. The van der Waals surface area contributed by atoms with Gasteiger partial charge in [-0.05, 0) is 20.8 Å². The van der Waals surface area contributed by atoms with Crippen LogP contribution in [0.4, 0.5) is 5.82 Å². The summed E-state index contributed by atoms with van der Waals surface area (Å²) in [6.07, 6.45) is 0. The predicted molar refractivity (Wildman–Crippen MR) is 64.5 cm³/mol. The summed E-state index contributed by atoms with van der Waals surface area (Å²) in [4.78, 5) is 12.6. The SMILES string of the molecule is Cc1cc(N)nc(S[C@@H](C)c2nc(C)no2)n1. The van der Waals surface area contributed by atoms with Gasteiger partial charge in [-0.15, -0.1) is 0 Å². The maximum absolute atomic E-state index is 5.66. The molecular formula is C10H13N5OS. The monoisotopic (exact) mass is 251 g/mol. The van der Waals surface area contributed by atoms with Crippen molar-refractivity contribution in [2.45, 2.75) is 31.2 Å². The molecule has 0 aliphatic carbocycles. The van der Waals surface area contributed by atoms with E-state index < -0.39 is 0 Å². The van der Waals surface area contributed by atoms with E-state index in [1.807, 2.05) is 13.8 Å². The Morgan fingerprint density at radius 2 is 2.06 bits per heavy atom. The summed E-state index contributed by atoms with van der Waals surface area (Å²) in [6.45, 7) is 5.62. The van der Waals surface area contributed by atoms with Crippen molar-refractivity contribution < 1.29 is 4.52 Å². The van der Waals surface area contributed by atoms with E-state index in [2.05, 4.69) is 20.1 Å². The molecule has 2 N–H and O–H groups in total. The van der Waals surface area contributed by atoms with E-state index in [1.165, 1.54) is 11.8 Å². The number of aromatic nitrogens is 4. The zero-order valence-corrected chi connectivity index (χ0v) is 10.7. The first-order valence-electron chi connectivity index (χ1n) is 5.12. The van der Waals surface area contributed by atoms with Gasteiger partial charge in [0.15, 0.2) is 11.0 Å². The van der Waals surface area contributed by atoms with E-state index >= 15 is 0 Å². The lowest BCUT2D eigenvalue weighted by molar-refractivity contribution is 0.376. The number of nitrogens with zero attached hydrogens (tertiary/aromatic N) is 4. The largest absolute Gasteiger partial charge is 0.384 e. The van der Waals surface area contributed by atoms with Gasteiger partial charge in [-0.1, -0.05) is 16.9 Å². The minimum atomic E-state index is -0.00241. The summed E-state index contributed by atoms with van der Waals surface area (Å²) in [6, 6.07) is 1.73. The van der Waals surface area contributed by atoms with Gasteiger partial charge in [0.25, 0.3) is 0 Å². The number of thioether (sulfide) groups is 1. The molecule has 17 heavy (non-hydrogen) atoms. The van der Waals surface area contributed by atoms with Crippen LogP contribution in [0.2, 0.25) is 0 Å². The molecule has 2 aromatic rings. The van der Waals surface area contributed by atoms with Crippen molar-refractivity contribution >= 4 is 17.6 Å². The lowest BCUT2D eigenvalue weighted by atomic mass is 10.4. The van der Waals surface area contributed by atoms with E-state index in [1.54, 1.807) is 13.0 Å². The fraction of sp³-hybridized carbons (Fsp3) is 0.400. The maximum Gasteiger partial charge on any atom is 0.239 e. The van der Waals surface area contributed by atoms with Crippen LogP contribution in [0.3, 0.4) is 0 Å². The standard InChI is InChI=1S/C10H13N5OS/c1-5-4-8(11)14-10(12-5)17-6(2)9-13-7(3)15-16-9/h4,6H,1-3H3,(H2,11,12,14)/t6-/m0/s1. The molecule has 2 heterocycles. The van der Waals surface area contributed by atoms with Gasteiger partial charge in [-0.25, -0.2) is 9.97 Å². The van der Waals surface area contributed by atoms with Crippen LogP contribution >= 0.6 is 11.8 Å². The van der Waals surface area contributed by atoms with Crippen LogP contribution < -0.4 is 5.73 Å². The van der Waals surface area contributed by atoms with E-state index in [0.29, 0.717) is 22.7 Å². The third kappa shape index (κ3) is 2.94. The predicted octanol–water partition coefficient (Wildman–Crippen LogP) is 1.91. The second kappa shape index (κ2) is 4.70. The van der Waals surface area contributed by atoms with Gasteiger partial charge < -0.3 is 10.3 Å². The van der Waals surface area contributed by atoms with Gasteiger partial charge in [-0.3, -0.25) is 0 Å². The van der Waals surface area contributed by atoms with Crippen LogP contribution in [0.1, 0.15) is 29.6 Å². The van der Waals surface area contributed by atoms with E-state index in [0.717, 1.165) is 5.69 Å².